The third kappa shape index (κ3) is 5.56. The fourth-order valence-corrected chi connectivity index (χ4v) is 8.67. The zero-order valence-corrected chi connectivity index (χ0v) is 24.8. The number of piperazine rings is 1. The Kier molecular flexibility index (Phi) is 7.83. The summed E-state index contributed by atoms with van der Waals surface area (Å²) < 4.78 is 30.4. The Morgan fingerprint density at radius 1 is 1.05 bits per heavy atom. The second kappa shape index (κ2) is 11.6. The monoisotopic (exact) mass is 626 g/mol. The van der Waals surface area contributed by atoms with Crippen molar-refractivity contribution in [1.82, 2.24) is 24.1 Å². The smallest absolute Gasteiger partial charge is 0.292 e. The predicted octanol–water partition coefficient (Wildman–Crippen LogP) is 3.17. The van der Waals surface area contributed by atoms with E-state index < -0.39 is 22.0 Å². The van der Waals surface area contributed by atoms with Crippen LogP contribution in [-0.2, 0) is 14.8 Å². The molecule has 2 aliphatic heterocycles. The number of benzene rings is 1. The number of likely N-dealkylation sites (tertiary alicyclic amines) is 1. The van der Waals surface area contributed by atoms with Crippen LogP contribution in [0.25, 0.3) is 21.3 Å². The molecule has 2 aliphatic rings. The summed E-state index contributed by atoms with van der Waals surface area (Å²) in [5, 5.41) is 13.4. The molecule has 0 N–H and O–H groups in total. The summed E-state index contributed by atoms with van der Waals surface area (Å²) in [7, 11) is -3.90. The highest BCUT2D eigenvalue weighted by Crippen LogP contribution is 2.34. The molecule has 0 spiro atoms. The highest BCUT2D eigenvalue weighted by Gasteiger charge is 2.39. The number of hydrogen-bond donors (Lipinski definition) is 0. The molecule has 0 bridgehead atoms. The van der Waals surface area contributed by atoms with Gasteiger partial charge in [0.15, 0.2) is 6.20 Å². The molecule has 218 valence electrons. The summed E-state index contributed by atoms with van der Waals surface area (Å²) in [5.74, 6) is -0.716. The van der Waals surface area contributed by atoms with Gasteiger partial charge < -0.3 is 15.0 Å². The maximum Gasteiger partial charge on any atom is 0.292 e. The van der Waals surface area contributed by atoms with Crippen molar-refractivity contribution in [3.63, 3.8) is 0 Å². The van der Waals surface area contributed by atoms with Gasteiger partial charge in [-0.2, -0.15) is 9.04 Å². The molecule has 11 nitrogen and oxygen atoms in total. The van der Waals surface area contributed by atoms with E-state index in [2.05, 4.69) is 9.97 Å². The molecule has 0 aliphatic carbocycles. The maximum absolute atomic E-state index is 13.7. The predicted molar refractivity (Wildman–Crippen MR) is 157 cm³/mol. The van der Waals surface area contributed by atoms with Gasteiger partial charge in [-0.1, -0.05) is 17.7 Å². The van der Waals surface area contributed by atoms with Gasteiger partial charge in [0.1, 0.15) is 4.21 Å². The fraction of sp³-hybridized carbons (Fsp3) is 0.321. The Balaban J connectivity index is 1.26. The van der Waals surface area contributed by atoms with Gasteiger partial charge in [-0.05, 0) is 42.5 Å². The van der Waals surface area contributed by atoms with Crippen LogP contribution >= 0.6 is 22.9 Å². The third-order valence-electron chi connectivity index (χ3n) is 7.59. The average molecular weight is 627 g/mol. The number of amides is 2. The first-order valence-corrected chi connectivity index (χ1v) is 16.1. The van der Waals surface area contributed by atoms with Crippen molar-refractivity contribution in [1.29, 1.82) is 0 Å². The molecule has 6 rings (SSSR count). The van der Waals surface area contributed by atoms with E-state index in [1.807, 2.05) is 0 Å². The Bertz CT molecular complexity index is 1760. The van der Waals surface area contributed by atoms with Crippen LogP contribution in [-0.4, -0.2) is 83.1 Å². The van der Waals surface area contributed by atoms with Crippen molar-refractivity contribution in [2.75, 3.05) is 32.7 Å². The van der Waals surface area contributed by atoms with Crippen molar-refractivity contribution in [3.05, 3.63) is 77.1 Å². The number of pyridine rings is 1. The largest absolute Gasteiger partial charge is 0.618 e. The van der Waals surface area contributed by atoms with Crippen LogP contribution in [0.3, 0.4) is 0 Å². The lowest BCUT2D eigenvalue weighted by Gasteiger charge is -2.40. The summed E-state index contributed by atoms with van der Waals surface area (Å²) >= 11 is 7.24. The van der Waals surface area contributed by atoms with Gasteiger partial charge in [0.25, 0.3) is 15.9 Å². The van der Waals surface area contributed by atoms with E-state index in [-0.39, 0.29) is 42.0 Å². The minimum Gasteiger partial charge on any atom is -0.618 e. The number of halogens is 1. The van der Waals surface area contributed by atoms with Gasteiger partial charge in [-0.25, -0.2) is 18.4 Å². The number of rotatable bonds is 6. The minimum atomic E-state index is -3.90. The zero-order valence-electron chi connectivity index (χ0n) is 22.4. The molecular formula is C28H27ClN6O5S2. The molecule has 2 amide bonds. The highest BCUT2D eigenvalue weighted by molar-refractivity contribution is 7.91. The van der Waals surface area contributed by atoms with Crippen LogP contribution in [0, 0.1) is 5.21 Å². The summed E-state index contributed by atoms with van der Waals surface area (Å²) in [6.45, 7) is 1.37. The number of carbonyl (C=O) groups is 2. The van der Waals surface area contributed by atoms with Crippen molar-refractivity contribution in [2.24, 2.45) is 0 Å². The van der Waals surface area contributed by atoms with Gasteiger partial charge in [0, 0.05) is 73.4 Å². The number of aromatic nitrogens is 3. The number of fused-ring (bicyclic) bond motifs is 1. The maximum atomic E-state index is 13.7. The van der Waals surface area contributed by atoms with E-state index >= 15 is 0 Å². The summed E-state index contributed by atoms with van der Waals surface area (Å²) in [6.07, 6.45) is 5.99. The quantitative estimate of drug-likeness (QED) is 0.237. The van der Waals surface area contributed by atoms with Crippen molar-refractivity contribution >= 4 is 54.9 Å². The van der Waals surface area contributed by atoms with E-state index in [4.69, 9.17) is 11.6 Å². The third-order valence-corrected chi connectivity index (χ3v) is 11.2. The average Bonchev–Trinajstić information content (AvgIpc) is 3.68. The lowest BCUT2D eigenvalue weighted by Crippen LogP contribution is -2.57. The van der Waals surface area contributed by atoms with E-state index in [0.29, 0.717) is 34.1 Å². The standard InChI is InChI=1S/C28H27ClN6O5S2/c29-21-7-6-19-13-26(41-24(19)14-21)42(39,40)33-11-12-34(22(18-33)15-25(36)32-8-3-4-9-32)28(37)27-30-16-20(17-31-27)23-5-1-2-10-35(23)38/h1-2,5-7,10,13-14,16-17,22H,3-4,8-9,11-12,15,18H2. The highest BCUT2D eigenvalue weighted by atomic mass is 35.5. The number of sulfonamides is 1. The number of nitrogens with zero attached hydrogens (tertiary/aromatic N) is 6. The number of carbonyl (C=O) groups excluding carboxylic acids is 2. The van der Waals surface area contributed by atoms with Crippen LogP contribution in [0.5, 0.6) is 0 Å². The van der Waals surface area contributed by atoms with Crippen molar-refractivity contribution < 1.29 is 22.7 Å². The van der Waals surface area contributed by atoms with Crippen LogP contribution in [0.15, 0.2) is 65.3 Å². The van der Waals surface area contributed by atoms with E-state index in [1.165, 1.54) is 27.8 Å². The van der Waals surface area contributed by atoms with Gasteiger partial charge in [-0.15, -0.1) is 11.3 Å². The molecule has 1 unspecified atom stereocenters. The lowest BCUT2D eigenvalue weighted by molar-refractivity contribution is -0.593. The SMILES string of the molecule is O=C(CC1CN(S(=O)(=O)c2cc3ccc(Cl)cc3s2)CCN1C(=O)c1ncc(-c2cccc[n+]2[O-])cn1)N1CCCC1. The number of hydrogen-bond acceptors (Lipinski definition) is 8. The van der Waals surface area contributed by atoms with E-state index in [1.54, 1.807) is 47.4 Å². The summed E-state index contributed by atoms with van der Waals surface area (Å²) in [6, 6.07) is 11.1. The van der Waals surface area contributed by atoms with Crippen LogP contribution in [0.2, 0.25) is 5.02 Å². The molecular weight excluding hydrogens is 600 g/mol. The topological polar surface area (TPSA) is 131 Å². The van der Waals surface area contributed by atoms with Gasteiger partial charge in [0.2, 0.25) is 17.4 Å². The molecule has 1 atom stereocenters. The minimum absolute atomic E-state index is 0.0158. The van der Waals surface area contributed by atoms with Gasteiger partial charge in [-0.3, -0.25) is 9.59 Å². The molecule has 14 heteroatoms. The zero-order chi connectivity index (χ0) is 29.4. The van der Waals surface area contributed by atoms with Crippen molar-refractivity contribution in [2.45, 2.75) is 29.5 Å². The van der Waals surface area contributed by atoms with Crippen LogP contribution < -0.4 is 4.73 Å². The number of thiophene rings is 1. The normalized spacial score (nSPS) is 18.1. The molecule has 0 radical (unpaired) electrons. The molecule has 42 heavy (non-hydrogen) atoms. The van der Waals surface area contributed by atoms with E-state index in [0.717, 1.165) is 34.3 Å². The first-order valence-electron chi connectivity index (χ1n) is 13.5. The molecule has 4 aromatic rings. The Labute approximate surface area is 251 Å². The summed E-state index contributed by atoms with van der Waals surface area (Å²) in [4.78, 5) is 38.5. The second-order valence-corrected chi connectivity index (χ2v) is 13.9. The fourth-order valence-electron chi connectivity index (χ4n) is 5.37. The first-order chi connectivity index (χ1) is 20.2. The Morgan fingerprint density at radius 3 is 2.55 bits per heavy atom. The second-order valence-electron chi connectivity index (χ2n) is 10.3. The van der Waals surface area contributed by atoms with Crippen LogP contribution in [0.1, 0.15) is 29.9 Å². The molecule has 5 heterocycles. The summed E-state index contributed by atoms with van der Waals surface area (Å²) in [5.41, 5.74) is 0.788. The van der Waals surface area contributed by atoms with Gasteiger partial charge >= 0.3 is 0 Å². The molecule has 2 fully saturated rings. The van der Waals surface area contributed by atoms with Gasteiger partial charge in [0.05, 0.1) is 11.6 Å². The molecule has 0 saturated carbocycles. The van der Waals surface area contributed by atoms with E-state index in [9.17, 15) is 23.2 Å². The molecule has 3 aromatic heterocycles. The first kappa shape index (κ1) is 28.5. The Morgan fingerprint density at radius 2 is 1.81 bits per heavy atom. The Hall–Kier alpha value is -3.65. The van der Waals surface area contributed by atoms with Crippen LogP contribution in [0.4, 0.5) is 0 Å². The lowest BCUT2D eigenvalue weighted by atomic mass is 10.1. The molecule has 2 saturated heterocycles. The molecule has 1 aromatic carbocycles. The van der Waals surface area contributed by atoms with Crippen molar-refractivity contribution in [3.8, 4) is 11.3 Å².